The molecular formula is C36H44N2O10. The van der Waals surface area contributed by atoms with E-state index in [2.05, 4.69) is 47.1 Å². The van der Waals surface area contributed by atoms with E-state index in [4.69, 9.17) is 25.2 Å². The van der Waals surface area contributed by atoms with Crippen LogP contribution in [0.1, 0.15) is 60.8 Å². The van der Waals surface area contributed by atoms with Crippen LogP contribution in [0.15, 0.2) is 36.4 Å². The third kappa shape index (κ3) is 5.15. The number of nitrogens with zero attached hydrogens (tertiary/aromatic N) is 2. The molecule has 2 saturated carbocycles. The molecule has 12 heteroatoms. The van der Waals surface area contributed by atoms with Gasteiger partial charge in [0.15, 0.2) is 23.7 Å². The van der Waals surface area contributed by atoms with E-state index >= 15 is 0 Å². The third-order valence-corrected chi connectivity index (χ3v) is 11.9. The van der Waals surface area contributed by atoms with E-state index in [9.17, 15) is 24.6 Å². The van der Waals surface area contributed by atoms with Crippen LogP contribution in [-0.2, 0) is 32.6 Å². The number of ether oxygens (including phenoxy) is 1. The lowest BCUT2D eigenvalue weighted by molar-refractivity contribution is -0.200. The van der Waals surface area contributed by atoms with Gasteiger partial charge in [0.05, 0.1) is 17.1 Å². The van der Waals surface area contributed by atoms with E-state index in [0.29, 0.717) is 12.2 Å². The van der Waals surface area contributed by atoms with E-state index in [-0.39, 0.29) is 35.8 Å². The summed E-state index contributed by atoms with van der Waals surface area (Å²) < 4.78 is 6.72. The van der Waals surface area contributed by atoms with Crippen LogP contribution in [0.3, 0.4) is 0 Å². The zero-order valence-electron chi connectivity index (χ0n) is 27.0. The maximum atomic E-state index is 13.8. The molecule has 0 radical (unpaired) electrons. The first-order valence-corrected chi connectivity index (χ1v) is 17.0. The van der Waals surface area contributed by atoms with E-state index in [1.54, 1.807) is 6.07 Å². The highest BCUT2D eigenvalue weighted by Crippen LogP contribution is 2.66. The standard InChI is InChI=1S/C32H38N2O4.C4H6O6/c1-19-2-4-20(5-3-19)16-23-11-14-34(30(23)36)24-10-12-32(37)26-17-22-8-9-25(35)28-27(22)31(32,29(24)38-28)13-15-33(26)18-21-6-7-21;5-1(3(7)8)2(6)4(9)10/h2-5,8-9,21,23-24,26,29,35,37H,6-7,10-18H2,1H3;1-2,5-6H,(H,7,8)(H,9,10)/t23?,24-,26+,29-,31-,32?;/m0./s1. The Balaban J connectivity index is 0.000000320. The van der Waals surface area contributed by atoms with Crippen molar-refractivity contribution in [3.63, 3.8) is 0 Å². The van der Waals surface area contributed by atoms with Gasteiger partial charge in [0, 0.05) is 30.6 Å². The maximum absolute atomic E-state index is 13.8. The zero-order valence-corrected chi connectivity index (χ0v) is 27.0. The summed E-state index contributed by atoms with van der Waals surface area (Å²) in [4.78, 5) is 38.0. The Labute approximate surface area is 278 Å². The van der Waals surface area contributed by atoms with Crippen molar-refractivity contribution < 1.29 is 49.8 Å². The molecule has 4 unspecified atom stereocenters. The molecule has 3 aliphatic heterocycles. The molecule has 48 heavy (non-hydrogen) atoms. The average molecular weight is 665 g/mol. The number of carboxylic acids is 2. The number of carbonyl (C=O) groups is 3. The number of benzene rings is 2. The van der Waals surface area contributed by atoms with E-state index in [1.165, 1.54) is 29.5 Å². The molecule has 12 nitrogen and oxygen atoms in total. The second kappa shape index (κ2) is 12.0. The Hall–Kier alpha value is -3.71. The fraction of sp³-hybridized carbons (Fsp3) is 0.583. The minimum Gasteiger partial charge on any atom is -0.504 e. The first-order valence-electron chi connectivity index (χ1n) is 17.0. The molecule has 2 saturated heterocycles. The first kappa shape index (κ1) is 32.8. The lowest BCUT2D eigenvalue weighted by atomic mass is 9.48. The number of aryl methyl sites for hydroxylation is 1. The van der Waals surface area contributed by atoms with Crippen LogP contribution in [-0.4, -0.2) is 114 Å². The highest BCUT2D eigenvalue weighted by Gasteiger charge is 2.73. The number of phenolic OH excluding ortho intramolecular Hbond substituents is 1. The van der Waals surface area contributed by atoms with Gasteiger partial charge in [-0.2, -0.15) is 0 Å². The molecule has 2 aromatic carbocycles. The molecule has 3 aliphatic carbocycles. The van der Waals surface area contributed by atoms with Crippen LogP contribution in [0, 0.1) is 18.8 Å². The molecule has 3 heterocycles. The lowest BCUT2D eigenvalue weighted by Gasteiger charge is -2.64. The number of phenols is 1. The maximum Gasteiger partial charge on any atom is 0.335 e. The number of rotatable bonds is 8. The van der Waals surface area contributed by atoms with Gasteiger partial charge < -0.3 is 40.3 Å². The van der Waals surface area contributed by atoms with Crippen molar-refractivity contribution in [2.24, 2.45) is 11.8 Å². The average Bonchev–Trinajstić information content (AvgIpc) is 3.70. The number of carbonyl (C=O) groups excluding carboxylic acids is 1. The number of piperidine rings is 1. The van der Waals surface area contributed by atoms with Gasteiger partial charge in [0.2, 0.25) is 5.91 Å². The number of aliphatic hydroxyl groups excluding tert-OH is 2. The Kier molecular flexibility index (Phi) is 8.21. The lowest BCUT2D eigenvalue weighted by Crippen LogP contribution is -2.78. The number of amides is 1. The van der Waals surface area contributed by atoms with Crippen LogP contribution in [0.2, 0.25) is 0 Å². The number of carboxylic acid groups (broad SMARTS) is 2. The summed E-state index contributed by atoms with van der Waals surface area (Å²) in [5.41, 5.74) is 3.22. The van der Waals surface area contributed by atoms with Crippen LogP contribution < -0.4 is 4.74 Å². The van der Waals surface area contributed by atoms with E-state index in [1.807, 2.05) is 0 Å². The van der Waals surface area contributed by atoms with Crippen molar-refractivity contribution in [3.05, 3.63) is 58.7 Å². The predicted octanol–water partition coefficient (Wildman–Crippen LogP) is 1.60. The molecule has 0 aromatic heterocycles. The SMILES string of the molecule is Cc1ccc(CC2CCN([C@H]3CCC4(O)[C@H]5Cc6ccc(O)c7c6[C@@]4(CCN5CC4CC4)[C@H]3O7)C2=O)cc1.O=C(O)C(O)C(O)C(=O)O. The summed E-state index contributed by atoms with van der Waals surface area (Å²) in [6.45, 7) is 4.84. The molecule has 2 bridgehead atoms. The molecule has 258 valence electrons. The topological polar surface area (TPSA) is 188 Å². The van der Waals surface area contributed by atoms with Gasteiger partial charge in [-0.3, -0.25) is 9.69 Å². The van der Waals surface area contributed by atoms with Crippen LogP contribution in [0.4, 0.5) is 0 Å². The molecule has 8 rings (SSSR count). The molecule has 1 amide bonds. The van der Waals surface area contributed by atoms with Gasteiger partial charge in [0.1, 0.15) is 6.10 Å². The number of hydrogen-bond donors (Lipinski definition) is 6. The number of aliphatic carboxylic acids is 2. The van der Waals surface area contributed by atoms with Gasteiger partial charge in [-0.25, -0.2) is 9.59 Å². The summed E-state index contributed by atoms with van der Waals surface area (Å²) in [6.07, 6.45) is 2.40. The second-order valence-electron chi connectivity index (χ2n) is 14.7. The highest BCUT2D eigenvalue weighted by molar-refractivity contribution is 5.83. The molecule has 2 aromatic rings. The van der Waals surface area contributed by atoms with E-state index in [0.717, 1.165) is 63.2 Å². The zero-order chi connectivity index (χ0) is 34.1. The Morgan fingerprint density at radius 1 is 0.958 bits per heavy atom. The molecule has 4 fully saturated rings. The quantitative estimate of drug-likeness (QED) is 0.241. The number of hydrogen-bond acceptors (Lipinski definition) is 9. The van der Waals surface area contributed by atoms with Crippen molar-refractivity contribution in [2.75, 3.05) is 19.6 Å². The van der Waals surface area contributed by atoms with Gasteiger partial charge in [0.25, 0.3) is 0 Å². The monoisotopic (exact) mass is 664 g/mol. The van der Waals surface area contributed by atoms with Crippen molar-refractivity contribution >= 4 is 17.8 Å². The summed E-state index contributed by atoms with van der Waals surface area (Å²) in [6, 6.07) is 12.3. The Morgan fingerprint density at radius 2 is 1.65 bits per heavy atom. The minimum absolute atomic E-state index is 0.0109. The van der Waals surface area contributed by atoms with Gasteiger partial charge >= 0.3 is 11.9 Å². The van der Waals surface area contributed by atoms with Gasteiger partial charge in [-0.1, -0.05) is 35.9 Å². The third-order valence-electron chi connectivity index (χ3n) is 11.9. The Morgan fingerprint density at radius 3 is 2.29 bits per heavy atom. The molecule has 8 atom stereocenters. The number of aromatic hydroxyl groups is 1. The van der Waals surface area contributed by atoms with Crippen LogP contribution in [0.5, 0.6) is 11.5 Å². The van der Waals surface area contributed by atoms with Crippen molar-refractivity contribution in [1.82, 2.24) is 9.80 Å². The fourth-order valence-electron chi connectivity index (χ4n) is 9.34. The minimum atomic E-state index is -2.27. The van der Waals surface area contributed by atoms with Crippen molar-refractivity contribution in [3.8, 4) is 11.5 Å². The fourth-order valence-corrected chi connectivity index (χ4v) is 9.34. The van der Waals surface area contributed by atoms with Crippen molar-refractivity contribution in [1.29, 1.82) is 0 Å². The number of likely N-dealkylation sites (tertiary alicyclic amines) is 2. The van der Waals surface area contributed by atoms with Crippen LogP contribution >= 0.6 is 0 Å². The summed E-state index contributed by atoms with van der Waals surface area (Å²) in [5.74, 6) is -1.83. The normalized spacial score (nSPS) is 32.8. The summed E-state index contributed by atoms with van der Waals surface area (Å²) >= 11 is 0. The van der Waals surface area contributed by atoms with Crippen molar-refractivity contribution in [2.45, 2.75) is 99.7 Å². The highest BCUT2D eigenvalue weighted by atomic mass is 16.5. The predicted molar refractivity (Wildman–Crippen MR) is 171 cm³/mol. The molecule has 1 spiro atoms. The smallest absolute Gasteiger partial charge is 0.335 e. The first-order chi connectivity index (χ1) is 22.9. The van der Waals surface area contributed by atoms with Crippen LogP contribution in [0.25, 0.3) is 0 Å². The number of aliphatic hydroxyl groups is 3. The van der Waals surface area contributed by atoms with Gasteiger partial charge in [-0.15, -0.1) is 0 Å². The summed E-state index contributed by atoms with van der Waals surface area (Å²) in [7, 11) is 0. The second-order valence-corrected chi connectivity index (χ2v) is 14.7. The Bertz CT molecular complexity index is 1590. The summed E-state index contributed by atoms with van der Waals surface area (Å²) in [5, 5.41) is 56.1. The van der Waals surface area contributed by atoms with E-state index < -0.39 is 35.2 Å². The molecular weight excluding hydrogens is 620 g/mol. The molecule has 6 N–H and O–H groups in total. The molecule has 6 aliphatic rings. The largest absolute Gasteiger partial charge is 0.504 e. The van der Waals surface area contributed by atoms with Gasteiger partial charge in [-0.05, 0) is 87.9 Å².